The Balaban J connectivity index is 3.95. The Morgan fingerprint density at radius 2 is 1.36 bits per heavy atom. The molecule has 0 unspecified atom stereocenters. The van der Waals surface area contributed by atoms with Crippen molar-refractivity contribution in [3.8, 4) is 0 Å². The Bertz CT molecular complexity index is 335. The van der Waals surface area contributed by atoms with Gasteiger partial charge in [0.2, 0.25) is 0 Å². The summed E-state index contributed by atoms with van der Waals surface area (Å²) in [6.45, 7) is 10.9. The van der Waals surface area contributed by atoms with Crippen molar-refractivity contribution in [2.24, 2.45) is 0 Å². The van der Waals surface area contributed by atoms with Gasteiger partial charge in [-0.2, -0.15) is 5.06 Å². The molecular formula is C22H43NO2. The van der Waals surface area contributed by atoms with E-state index in [2.05, 4.69) is 32.8 Å². The van der Waals surface area contributed by atoms with Gasteiger partial charge < -0.3 is 0 Å². The van der Waals surface area contributed by atoms with E-state index in [4.69, 9.17) is 4.84 Å². The molecule has 0 aromatic carbocycles. The molecule has 0 saturated heterocycles. The molecule has 0 aromatic rings. The van der Waals surface area contributed by atoms with Crippen LogP contribution in [-0.2, 0) is 9.63 Å². The number of hydroxylamine groups is 2. The van der Waals surface area contributed by atoms with Crippen LogP contribution in [-0.4, -0.2) is 29.7 Å². The van der Waals surface area contributed by atoms with Crippen LogP contribution in [0, 0.1) is 0 Å². The van der Waals surface area contributed by atoms with Gasteiger partial charge in [0.15, 0.2) is 0 Å². The van der Waals surface area contributed by atoms with Gasteiger partial charge in [0.05, 0.1) is 5.60 Å². The fourth-order valence-corrected chi connectivity index (χ4v) is 2.81. The van der Waals surface area contributed by atoms with Gasteiger partial charge in [0.25, 0.3) is 0 Å². The molecule has 0 aromatic heterocycles. The minimum absolute atomic E-state index is 0.0661. The van der Waals surface area contributed by atoms with E-state index in [9.17, 15) is 4.79 Å². The lowest BCUT2D eigenvalue weighted by atomic mass is 10.1. The van der Waals surface area contributed by atoms with Crippen molar-refractivity contribution in [3.63, 3.8) is 0 Å². The second-order valence-electron chi connectivity index (χ2n) is 7.78. The number of hydrogen-bond acceptors (Lipinski definition) is 3. The van der Waals surface area contributed by atoms with Gasteiger partial charge in [-0.3, -0.25) is 4.84 Å². The Hall–Kier alpha value is -0.630. The van der Waals surface area contributed by atoms with Crippen LogP contribution >= 0.6 is 0 Å². The molecule has 0 amide bonds. The number of allylic oxidation sites excluding steroid dienone is 1. The highest BCUT2D eigenvalue weighted by Gasteiger charge is 2.20. The van der Waals surface area contributed by atoms with Crippen LogP contribution in [0.3, 0.4) is 0 Å². The fourth-order valence-electron chi connectivity index (χ4n) is 2.81. The minimum atomic E-state index is -0.0661. The van der Waals surface area contributed by atoms with Crippen molar-refractivity contribution in [2.45, 2.75) is 117 Å². The van der Waals surface area contributed by atoms with Gasteiger partial charge in [-0.15, -0.1) is 0 Å². The number of hydrogen-bond donors (Lipinski definition) is 0. The zero-order chi connectivity index (χ0) is 18.8. The molecule has 0 spiro atoms. The smallest absolute Gasteiger partial charge is 0.120 e. The number of carbonyl (C=O) groups excluding carboxylic acids is 1. The number of rotatable bonds is 18. The normalized spacial score (nSPS) is 11.7. The molecule has 0 rings (SSSR count). The largest absolute Gasteiger partial charge is 0.293 e. The Kier molecular flexibility index (Phi) is 16.4. The van der Waals surface area contributed by atoms with Crippen molar-refractivity contribution >= 4 is 5.94 Å². The lowest BCUT2D eigenvalue weighted by Gasteiger charge is -2.32. The first-order valence-corrected chi connectivity index (χ1v) is 10.7. The van der Waals surface area contributed by atoms with E-state index in [0.29, 0.717) is 0 Å². The minimum Gasteiger partial charge on any atom is -0.293 e. The Labute approximate surface area is 157 Å². The predicted octanol–water partition coefficient (Wildman–Crippen LogP) is 6.50. The van der Waals surface area contributed by atoms with Gasteiger partial charge >= 0.3 is 0 Å². The topological polar surface area (TPSA) is 29.5 Å². The third-order valence-corrected chi connectivity index (χ3v) is 4.83. The van der Waals surface area contributed by atoms with Crippen molar-refractivity contribution < 1.29 is 9.63 Å². The van der Waals surface area contributed by atoms with E-state index in [-0.39, 0.29) is 5.60 Å². The lowest BCUT2D eigenvalue weighted by Crippen LogP contribution is -2.37. The van der Waals surface area contributed by atoms with Crippen LogP contribution in [0.1, 0.15) is 111 Å². The molecule has 0 heterocycles. The van der Waals surface area contributed by atoms with Gasteiger partial charge in [-0.1, -0.05) is 65.2 Å². The summed E-state index contributed by atoms with van der Waals surface area (Å²) in [4.78, 5) is 16.4. The van der Waals surface area contributed by atoms with Crippen LogP contribution in [0.2, 0.25) is 0 Å². The third-order valence-electron chi connectivity index (χ3n) is 4.83. The maximum atomic E-state index is 10.1. The van der Waals surface area contributed by atoms with Crippen molar-refractivity contribution in [2.75, 3.05) is 13.1 Å². The second-order valence-corrected chi connectivity index (χ2v) is 7.78. The highest BCUT2D eigenvalue weighted by Crippen LogP contribution is 2.18. The van der Waals surface area contributed by atoms with Crippen LogP contribution < -0.4 is 0 Å². The van der Waals surface area contributed by atoms with Crippen LogP contribution in [0.25, 0.3) is 0 Å². The zero-order valence-corrected chi connectivity index (χ0v) is 17.4. The van der Waals surface area contributed by atoms with Crippen LogP contribution in [0.5, 0.6) is 0 Å². The van der Waals surface area contributed by atoms with E-state index < -0.39 is 0 Å². The van der Waals surface area contributed by atoms with Crippen molar-refractivity contribution in [1.29, 1.82) is 0 Å². The maximum Gasteiger partial charge on any atom is 0.120 e. The molecule has 0 bridgehead atoms. The molecule has 0 aliphatic carbocycles. The summed E-state index contributed by atoms with van der Waals surface area (Å²) in [5.74, 6) is 1.85. The predicted molar refractivity (Wildman–Crippen MR) is 108 cm³/mol. The molecule has 0 atom stereocenters. The Morgan fingerprint density at radius 3 is 1.88 bits per heavy atom. The third kappa shape index (κ3) is 16.6. The average molecular weight is 354 g/mol. The lowest BCUT2D eigenvalue weighted by molar-refractivity contribution is -0.236. The fraction of sp³-hybridized carbons (Fsp3) is 0.909. The molecule has 0 aliphatic rings. The first kappa shape index (κ1) is 24.4. The van der Waals surface area contributed by atoms with Gasteiger partial charge in [0, 0.05) is 13.1 Å². The molecular weight excluding hydrogens is 310 g/mol. The molecule has 0 aliphatic heterocycles. The SMILES string of the molecule is CCCCCCCCN(CCCCCCCC=C=O)OC(C)(C)CC. The summed E-state index contributed by atoms with van der Waals surface area (Å²) in [6, 6.07) is 0. The number of nitrogens with zero attached hydrogens (tertiary/aromatic N) is 1. The summed E-state index contributed by atoms with van der Waals surface area (Å²) in [6.07, 6.45) is 17.5. The van der Waals surface area contributed by atoms with Gasteiger partial charge in [-0.25, -0.2) is 4.79 Å². The van der Waals surface area contributed by atoms with E-state index in [0.717, 1.165) is 32.4 Å². The summed E-state index contributed by atoms with van der Waals surface area (Å²) < 4.78 is 0. The highest BCUT2D eigenvalue weighted by atomic mass is 16.7. The van der Waals surface area contributed by atoms with Crippen molar-refractivity contribution in [3.05, 3.63) is 6.08 Å². The molecule has 0 fully saturated rings. The first-order valence-electron chi connectivity index (χ1n) is 10.7. The second kappa shape index (κ2) is 16.8. The van der Waals surface area contributed by atoms with Crippen LogP contribution in [0.4, 0.5) is 0 Å². The monoisotopic (exact) mass is 353 g/mol. The highest BCUT2D eigenvalue weighted by molar-refractivity contribution is 5.44. The first-order chi connectivity index (χ1) is 12.1. The quantitative estimate of drug-likeness (QED) is 0.160. The summed E-state index contributed by atoms with van der Waals surface area (Å²) >= 11 is 0. The summed E-state index contributed by atoms with van der Waals surface area (Å²) in [7, 11) is 0. The molecule has 25 heavy (non-hydrogen) atoms. The number of unbranched alkanes of at least 4 members (excludes halogenated alkanes) is 10. The summed E-state index contributed by atoms with van der Waals surface area (Å²) in [5, 5.41) is 2.22. The molecule has 3 nitrogen and oxygen atoms in total. The van der Waals surface area contributed by atoms with E-state index in [1.807, 2.05) is 5.94 Å². The van der Waals surface area contributed by atoms with E-state index in [1.165, 1.54) is 64.2 Å². The maximum absolute atomic E-state index is 10.1. The zero-order valence-electron chi connectivity index (χ0n) is 17.4. The Morgan fingerprint density at radius 1 is 0.840 bits per heavy atom. The molecule has 3 heteroatoms. The molecule has 0 saturated carbocycles. The average Bonchev–Trinajstić information content (AvgIpc) is 2.59. The standard InChI is InChI=1S/C22H43NO2/c1-5-7-8-9-13-16-19-23(25-22(3,4)6-2)20-17-14-11-10-12-15-18-21-24/h18H,5-17,19-20H2,1-4H3. The summed E-state index contributed by atoms with van der Waals surface area (Å²) in [5.41, 5.74) is -0.0661. The van der Waals surface area contributed by atoms with E-state index >= 15 is 0 Å². The van der Waals surface area contributed by atoms with Crippen LogP contribution in [0.15, 0.2) is 6.08 Å². The van der Waals surface area contributed by atoms with Gasteiger partial charge in [-0.05, 0) is 52.0 Å². The molecule has 0 radical (unpaired) electrons. The van der Waals surface area contributed by atoms with E-state index in [1.54, 1.807) is 6.08 Å². The van der Waals surface area contributed by atoms with Gasteiger partial charge in [0.1, 0.15) is 5.94 Å². The molecule has 0 N–H and O–H groups in total. The van der Waals surface area contributed by atoms with Crippen molar-refractivity contribution in [1.82, 2.24) is 5.06 Å². The molecule has 148 valence electrons.